The minimum Gasteiger partial charge on any atom is -0.326 e. The highest BCUT2D eigenvalue weighted by atomic mass is 16.1. The number of carbonyl (C=O) groups excluding carboxylic acids is 1. The SMILES string of the molecule is CCCC(NC)c1ccc2c(c1)CCCC(=O)N2. The van der Waals surface area contributed by atoms with E-state index in [4.69, 9.17) is 0 Å². The molecule has 98 valence electrons. The maximum Gasteiger partial charge on any atom is 0.224 e. The fraction of sp³-hybridized carbons (Fsp3) is 0.533. The van der Waals surface area contributed by atoms with Crippen LogP contribution in [0.2, 0.25) is 0 Å². The van der Waals surface area contributed by atoms with E-state index in [9.17, 15) is 4.79 Å². The summed E-state index contributed by atoms with van der Waals surface area (Å²) in [6.07, 6.45) is 4.88. The van der Waals surface area contributed by atoms with Crippen LogP contribution in [-0.2, 0) is 11.2 Å². The van der Waals surface area contributed by atoms with Crippen LogP contribution in [0.4, 0.5) is 5.69 Å². The molecule has 0 aliphatic carbocycles. The summed E-state index contributed by atoms with van der Waals surface area (Å²) in [5.74, 6) is 0.139. The van der Waals surface area contributed by atoms with Gasteiger partial charge in [0.1, 0.15) is 0 Å². The van der Waals surface area contributed by atoms with Gasteiger partial charge in [0.15, 0.2) is 0 Å². The summed E-state index contributed by atoms with van der Waals surface area (Å²) in [6, 6.07) is 6.84. The fourth-order valence-electron chi connectivity index (χ4n) is 2.58. The number of aryl methyl sites for hydroxylation is 1. The molecule has 1 aromatic carbocycles. The molecule has 3 nitrogen and oxygen atoms in total. The van der Waals surface area contributed by atoms with Gasteiger partial charge in [0.2, 0.25) is 5.91 Å². The van der Waals surface area contributed by atoms with Crippen molar-refractivity contribution in [1.82, 2.24) is 5.32 Å². The average molecular weight is 246 g/mol. The first-order chi connectivity index (χ1) is 8.74. The number of amides is 1. The summed E-state index contributed by atoms with van der Waals surface area (Å²) in [5, 5.41) is 6.34. The third kappa shape index (κ3) is 2.91. The van der Waals surface area contributed by atoms with Crippen molar-refractivity contribution < 1.29 is 4.79 Å². The van der Waals surface area contributed by atoms with Gasteiger partial charge in [-0.05, 0) is 43.5 Å². The third-order valence-corrected chi connectivity index (χ3v) is 3.58. The Morgan fingerprint density at radius 1 is 1.39 bits per heavy atom. The quantitative estimate of drug-likeness (QED) is 0.857. The monoisotopic (exact) mass is 246 g/mol. The molecule has 0 spiro atoms. The van der Waals surface area contributed by atoms with Crippen LogP contribution in [0.15, 0.2) is 18.2 Å². The molecule has 2 N–H and O–H groups in total. The summed E-state index contributed by atoms with van der Waals surface area (Å²) in [5.41, 5.74) is 3.59. The maximum absolute atomic E-state index is 11.5. The minimum absolute atomic E-state index is 0.139. The lowest BCUT2D eigenvalue weighted by Gasteiger charge is -2.18. The second-order valence-corrected chi connectivity index (χ2v) is 4.95. The fourth-order valence-corrected chi connectivity index (χ4v) is 2.58. The molecular formula is C15H22N2O. The van der Waals surface area contributed by atoms with Gasteiger partial charge in [-0.25, -0.2) is 0 Å². The van der Waals surface area contributed by atoms with Crippen molar-refractivity contribution in [2.75, 3.05) is 12.4 Å². The number of hydrogen-bond donors (Lipinski definition) is 2. The van der Waals surface area contributed by atoms with Crippen molar-refractivity contribution >= 4 is 11.6 Å². The Hall–Kier alpha value is -1.35. The van der Waals surface area contributed by atoms with Crippen molar-refractivity contribution in [3.05, 3.63) is 29.3 Å². The Labute approximate surface area is 109 Å². The minimum atomic E-state index is 0.139. The highest BCUT2D eigenvalue weighted by Crippen LogP contribution is 2.27. The topological polar surface area (TPSA) is 41.1 Å². The molecule has 0 aromatic heterocycles. The summed E-state index contributed by atoms with van der Waals surface area (Å²) in [4.78, 5) is 11.5. The first-order valence-corrected chi connectivity index (χ1v) is 6.84. The predicted octanol–water partition coefficient (Wildman–Crippen LogP) is 3.02. The van der Waals surface area contributed by atoms with Gasteiger partial charge in [0.25, 0.3) is 0 Å². The third-order valence-electron chi connectivity index (χ3n) is 3.58. The lowest BCUT2D eigenvalue weighted by Crippen LogP contribution is -2.16. The van der Waals surface area contributed by atoms with E-state index in [1.165, 1.54) is 17.5 Å². The van der Waals surface area contributed by atoms with Gasteiger partial charge >= 0.3 is 0 Å². The number of fused-ring (bicyclic) bond motifs is 1. The molecule has 1 heterocycles. The van der Waals surface area contributed by atoms with Crippen molar-refractivity contribution in [1.29, 1.82) is 0 Å². The van der Waals surface area contributed by atoms with Crippen LogP contribution in [0, 0.1) is 0 Å². The van der Waals surface area contributed by atoms with Gasteiger partial charge in [-0.1, -0.05) is 25.5 Å². The molecule has 1 atom stereocenters. The second-order valence-electron chi connectivity index (χ2n) is 4.95. The van der Waals surface area contributed by atoms with Crippen molar-refractivity contribution in [3.8, 4) is 0 Å². The molecule has 0 saturated carbocycles. The molecule has 3 heteroatoms. The number of hydrogen-bond acceptors (Lipinski definition) is 2. The standard InChI is InChI=1S/C15H22N2O/c1-3-5-13(16-2)12-8-9-14-11(10-12)6-4-7-15(18)17-14/h8-10,13,16H,3-7H2,1-2H3,(H,17,18). The van der Waals surface area contributed by atoms with Crippen molar-refractivity contribution in [2.45, 2.75) is 45.1 Å². The Kier molecular flexibility index (Phi) is 4.37. The zero-order chi connectivity index (χ0) is 13.0. The van der Waals surface area contributed by atoms with Gasteiger partial charge in [0.05, 0.1) is 0 Å². The molecular weight excluding hydrogens is 224 g/mol. The molecule has 2 rings (SSSR count). The van der Waals surface area contributed by atoms with E-state index in [1.807, 2.05) is 13.1 Å². The van der Waals surface area contributed by atoms with E-state index in [2.05, 4.69) is 29.7 Å². The molecule has 0 saturated heterocycles. The van der Waals surface area contributed by atoms with Gasteiger partial charge in [-0.3, -0.25) is 4.79 Å². The van der Waals surface area contributed by atoms with Crippen LogP contribution in [0.5, 0.6) is 0 Å². The molecule has 1 aliphatic heterocycles. The number of carbonyl (C=O) groups is 1. The molecule has 18 heavy (non-hydrogen) atoms. The Morgan fingerprint density at radius 2 is 2.22 bits per heavy atom. The van der Waals surface area contributed by atoms with Crippen molar-refractivity contribution in [3.63, 3.8) is 0 Å². The Bertz CT molecular complexity index is 429. The first-order valence-electron chi connectivity index (χ1n) is 6.84. The van der Waals surface area contributed by atoms with E-state index in [0.29, 0.717) is 12.5 Å². The van der Waals surface area contributed by atoms with Crippen LogP contribution in [0.3, 0.4) is 0 Å². The van der Waals surface area contributed by atoms with Crippen LogP contribution < -0.4 is 10.6 Å². The zero-order valence-electron chi connectivity index (χ0n) is 11.3. The molecule has 1 aliphatic rings. The van der Waals surface area contributed by atoms with Crippen LogP contribution in [0.25, 0.3) is 0 Å². The first kappa shape index (κ1) is 13.1. The molecule has 0 radical (unpaired) electrons. The number of anilines is 1. The van der Waals surface area contributed by atoms with Crippen LogP contribution in [-0.4, -0.2) is 13.0 Å². The highest BCUT2D eigenvalue weighted by Gasteiger charge is 2.15. The summed E-state index contributed by atoms with van der Waals surface area (Å²) in [6.45, 7) is 2.20. The predicted molar refractivity (Wildman–Crippen MR) is 74.7 cm³/mol. The van der Waals surface area contributed by atoms with Crippen LogP contribution >= 0.6 is 0 Å². The molecule has 0 bridgehead atoms. The Morgan fingerprint density at radius 3 is 2.94 bits per heavy atom. The molecule has 1 amide bonds. The van der Waals surface area contributed by atoms with Crippen molar-refractivity contribution in [2.24, 2.45) is 0 Å². The number of rotatable bonds is 4. The lowest BCUT2D eigenvalue weighted by molar-refractivity contribution is -0.116. The highest BCUT2D eigenvalue weighted by molar-refractivity contribution is 5.92. The van der Waals surface area contributed by atoms with E-state index < -0.39 is 0 Å². The van der Waals surface area contributed by atoms with E-state index in [1.54, 1.807) is 0 Å². The summed E-state index contributed by atoms with van der Waals surface area (Å²) < 4.78 is 0. The molecule has 1 aromatic rings. The average Bonchev–Trinajstić information content (AvgIpc) is 2.55. The van der Waals surface area contributed by atoms with Gasteiger partial charge in [0, 0.05) is 18.2 Å². The van der Waals surface area contributed by atoms with Gasteiger partial charge < -0.3 is 10.6 Å². The molecule has 1 unspecified atom stereocenters. The van der Waals surface area contributed by atoms with Gasteiger partial charge in [-0.15, -0.1) is 0 Å². The largest absolute Gasteiger partial charge is 0.326 e. The van der Waals surface area contributed by atoms with Gasteiger partial charge in [-0.2, -0.15) is 0 Å². The normalized spacial score (nSPS) is 16.7. The smallest absolute Gasteiger partial charge is 0.224 e. The van der Waals surface area contributed by atoms with E-state index in [-0.39, 0.29) is 5.91 Å². The number of nitrogens with one attached hydrogen (secondary N) is 2. The molecule has 0 fully saturated rings. The van der Waals surface area contributed by atoms with E-state index in [0.717, 1.165) is 24.9 Å². The second kappa shape index (κ2) is 6.01. The zero-order valence-corrected chi connectivity index (χ0v) is 11.3. The Balaban J connectivity index is 2.25. The van der Waals surface area contributed by atoms with Crippen LogP contribution in [0.1, 0.15) is 49.8 Å². The maximum atomic E-state index is 11.5. The summed E-state index contributed by atoms with van der Waals surface area (Å²) >= 11 is 0. The van der Waals surface area contributed by atoms with E-state index >= 15 is 0 Å². The lowest BCUT2D eigenvalue weighted by atomic mass is 9.97. The summed E-state index contributed by atoms with van der Waals surface area (Å²) in [7, 11) is 2.01. The number of benzene rings is 1.